The fourth-order valence-corrected chi connectivity index (χ4v) is 8.52. The molecule has 4 atom stereocenters. The van der Waals surface area contributed by atoms with E-state index < -0.39 is 17.6 Å². The Hall–Kier alpha value is -3.73. The van der Waals surface area contributed by atoms with Crippen LogP contribution in [-0.2, 0) is 24.1 Å². The lowest BCUT2D eigenvalue weighted by molar-refractivity contribution is -0.140. The standard InChI is InChI=1S/C39H46F3N5O2/c1-43-17-19-44(20-18-43)23-31-15-14-30(21-35(31)39(40,41)42)37(48)46-24-32-13-8-16-47(36(32)27-46)38(49)34-26-45(22-28-9-4-2-5-10-28)25-33(34)29-11-6-3-7-12-29/h2-7,9-12,14-15,21,32-34,36H,8,13,16-20,22-27H2,1H3/t32-,33+,34-,36+/m1/s1. The van der Waals surface area contributed by atoms with Crippen LogP contribution in [0.2, 0.25) is 0 Å². The summed E-state index contributed by atoms with van der Waals surface area (Å²) >= 11 is 0. The molecule has 4 fully saturated rings. The van der Waals surface area contributed by atoms with Crippen molar-refractivity contribution in [2.45, 2.75) is 44.1 Å². The van der Waals surface area contributed by atoms with Crippen LogP contribution in [0.3, 0.4) is 0 Å². The van der Waals surface area contributed by atoms with Gasteiger partial charge >= 0.3 is 6.18 Å². The second-order valence-electron chi connectivity index (χ2n) is 14.5. The molecule has 3 aromatic rings. The highest BCUT2D eigenvalue weighted by molar-refractivity contribution is 5.95. The first kappa shape index (κ1) is 33.8. The van der Waals surface area contributed by atoms with E-state index in [1.165, 1.54) is 11.6 Å². The highest BCUT2D eigenvalue weighted by atomic mass is 19.4. The third-order valence-corrected chi connectivity index (χ3v) is 11.2. The number of likely N-dealkylation sites (N-methyl/N-ethyl adjacent to an activating group) is 1. The van der Waals surface area contributed by atoms with E-state index in [4.69, 9.17) is 0 Å². The van der Waals surface area contributed by atoms with E-state index in [-0.39, 0.29) is 47.4 Å². The zero-order chi connectivity index (χ0) is 34.1. The Morgan fingerprint density at radius 2 is 1.49 bits per heavy atom. The van der Waals surface area contributed by atoms with E-state index in [1.54, 1.807) is 11.0 Å². The van der Waals surface area contributed by atoms with Crippen LogP contribution < -0.4 is 0 Å². The number of hydrogen-bond donors (Lipinski definition) is 0. The van der Waals surface area contributed by atoms with E-state index >= 15 is 0 Å². The van der Waals surface area contributed by atoms with Crippen LogP contribution in [0.15, 0.2) is 78.9 Å². The Balaban J connectivity index is 1.07. The molecule has 7 nitrogen and oxygen atoms in total. The van der Waals surface area contributed by atoms with E-state index in [0.29, 0.717) is 39.3 Å². The lowest BCUT2D eigenvalue weighted by Gasteiger charge is -2.39. The van der Waals surface area contributed by atoms with Gasteiger partial charge in [0.25, 0.3) is 5.91 Å². The van der Waals surface area contributed by atoms with E-state index in [2.05, 4.69) is 34.1 Å². The van der Waals surface area contributed by atoms with Crippen molar-refractivity contribution < 1.29 is 22.8 Å². The predicted molar refractivity (Wildman–Crippen MR) is 183 cm³/mol. The van der Waals surface area contributed by atoms with Gasteiger partial charge in [-0.15, -0.1) is 0 Å². The molecule has 4 saturated heterocycles. The molecule has 49 heavy (non-hydrogen) atoms. The number of hydrogen-bond acceptors (Lipinski definition) is 5. The molecule has 4 heterocycles. The van der Waals surface area contributed by atoms with Gasteiger partial charge in [0.1, 0.15) is 0 Å². The summed E-state index contributed by atoms with van der Waals surface area (Å²) in [6, 6.07) is 24.5. The number of rotatable bonds is 7. The number of piperazine rings is 1. The van der Waals surface area contributed by atoms with Gasteiger partial charge in [-0.2, -0.15) is 13.2 Å². The fraction of sp³-hybridized carbons (Fsp3) is 0.487. The summed E-state index contributed by atoms with van der Waals surface area (Å²) in [5, 5.41) is 0. The molecular formula is C39H46F3N5O2. The molecule has 4 aliphatic rings. The van der Waals surface area contributed by atoms with Crippen LogP contribution in [0.5, 0.6) is 0 Å². The molecule has 0 N–H and O–H groups in total. The molecule has 0 radical (unpaired) electrons. The van der Waals surface area contributed by atoms with Crippen molar-refractivity contribution >= 4 is 11.8 Å². The number of fused-ring (bicyclic) bond motifs is 1. The molecule has 0 aliphatic carbocycles. The summed E-state index contributed by atoms with van der Waals surface area (Å²) in [6.07, 6.45) is -2.82. The Kier molecular flexibility index (Phi) is 9.81. The van der Waals surface area contributed by atoms with Crippen LogP contribution in [0.4, 0.5) is 13.2 Å². The van der Waals surface area contributed by atoms with Gasteiger partial charge in [0.2, 0.25) is 5.91 Å². The second kappa shape index (κ2) is 14.2. The van der Waals surface area contributed by atoms with E-state index in [0.717, 1.165) is 50.7 Å². The maximum atomic E-state index is 14.5. The molecule has 7 rings (SSSR count). The number of benzene rings is 3. The first-order valence-electron chi connectivity index (χ1n) is 17.7. The Bertz CT molecular complexity index is 1610. The molecular weight excluding hydrogens is 627 g/mol. The fourth-order valence-electron chi connectivity index (χ4n) is 8.52. The molecule has 4 aliphatic heterocycles. The van der Waals surface area contributed by atoms with Crippen molar-refractivity contribution in [1.29, 1.82) is 0 Å². The van der Waals surface area contributed by atoms with Gasteiger partial charge in [-0.1, -0.05) is 66.7 Å². The number of halogens is 3. The number of carbonyl (C=O) groups excluding carboxylic acids is 2. The van der Waals surface area contributed by atoms with E-state index in [9.17, 15) is 22.8 Å². The van der Waals surface area contributed by atoms with Gasteiger partial charge in [-0.05, 0) is 54.6 Å². The smallest absolute Gasteiger partial charge is 0.337 e. The Morgan fingerprint density at radius 3 is 2.20 bits per heavy atom. The number of nitrogens with zero attached hydrogens (tertiary/aromatic N) is 5. The number of likely N-dealkylation sites (tertiary alicyclic amines) is 3. The second-order valence-corrected chi connectivity index (χ2v) is 14.5. The minimum atomic E-state index is -4.56. The van der Waals surface area contributed by atoms with Gasteiger partial charge in [0, 0.05) is 83.5 Å². The van der Waals surface area contributed by atoms with Crippen LogP contribution in [-0.4, -0.2) is 108 Å². The lowest BCUT2D eigenvalue weighted by atomic mass is 9.85. The quantitative estimate of drug-likeness (QED) is 0.335. The number of piperidine rings is 1. The molecule has 2 amide bonds. The average molecular weight is 674 g/mol. The minimum absolute atomic E-state index is 0.0575. The van der Waals surface area contributed by atoms with Crippen LogP contribution in [0.1, 0.15) is 51.4 Å². The van der Waals surface area contributed by atoms with Gasteiger partial charge in [-0.25, -0.2) is 0 Å². The summed E-state index contributed by atoms with van der Waals surface area (Å²) in [6.45, 7) is 6.89. The molecule has 3 aromatic carbocycles. The summed E-state index contributed by atoms with van der Waals surface area (Å²) in [5.41, 5.74) is 1.89. The summed E-state index contributed by atoms with van der Waals surface area (Å²) in [5.74, 6) is -0.312. The van der Waals surface area contributed by atoms with Gasteiger partial charge < -0.3 is 14.7 Å². The largest absolute Gasteiger partial charge is 0.416 e. The maximum Gasteiger partial charge on any atom is 0.416 e. The zero-order valence-corrected chi connectivity index (χ0v) is 28.2. The van der Waals surface area contributed by atoms with Crippen LogP contribution in [0.25, 0.3) is 0 Å². The normalized spacial score (nSPS) is 25.5. The van der Waals surface area contributed by atoms with Gasteiger partial charge in [0.05, 0.1) is 17.5 Å². The van der Waals surface area contributed by atoms with Crippen LogP contribution >= 0.6 is 0 Å². The Morgan fingerprint density at radius 1 is 0.776 bits per heavy atom. The van der Waals surface area contributed by atoms with Crippen molar-refractivity contribution in [2.75, 3.05) is 66.0 Å². The molecule has 0 aromatic heterocycles. The van der Waals surface area contributed by atoms with E-state index in [1.807, 2.05) is 53.2 Å². The molecule has 0 saturated carbocycles. The van der Waals surface area contributed by atoms with Crippen molar-refractivity contribution in [3.63, 3.8) is 0 Å². The minimum Gasteiger partial charge on any atom is -0.337 e. The molecule has 0 unspecified atom stereocenters. The van der Waals surface area contributed by atoms with Crippen molar-refractivity contribution in [3.05, 3.63) is 107 Å². The predicted octanol–water partition coefficient (Wildman–Crippen LogP) is 5.43. The average Bonchev–Trinajstić information content (AvgIpc) is 3.74. The first-order valence-corrected chi connectivity index (χ1v) is 17.7. The maximum absolute atomic E-state index is 14.5. The summed E-state index contributed by atoms with van der Waals surface area (Å²) < 4.78 is 43.0. The van der Waals surface area contributed by atoms with Crippen molar-refractivity contribution in [1.82, 2.24) is 24.5 Å². The monoisotopic (exact) mass is 673 g/mol. The number of alkyl halides is 3. The van der Waals surface area contributed by atoms with Crippen molar-refractivity contribution in [2.24, 2.45) is 11.8 Å². The van der Waals surface area contributed by atoms with Gasteiger partial charge in [0.15, 0.2) is 0 Å². The Labute approximate surface area is 287 Å². The SMILES string of the molecule is CN1CCN(Cc2ccc(C(=O)N3C[C@H]4CCCN(C(=O)[C@@H]5CN(Cc6ccccc6)C[C@H]5c5ccccc5)[C@H]4C3)cc2C(F)(F)F)CC1. The lowest BCUT2D eigenvalue weighted by Crippen LogP contribution is -2.51. The topological polar surface area (TPSA) is 50.3 Å². The summed E-state index contributed by atoms with van der Waals surface area (Å²) in [4.78, 5) is 38.6. The summed E-state index contributed by atoms with van der Waals surface area (Å²) in [7, 11) is 2.01. The highest BCUT2D eigenvalue weighted by Crippen LogP contribution is 2.39. The molecule has 260 valence electrons. The van der Waals surface area contributed by atoms with Crippen molar-refractivity contribution in [3.8, 4) is 0 Å². The highest BCUT2D eigenvalue weighted by Gasteiger charge is 2.47. The third kappa shape index (κ3) is 7.42. The molecule has 0 bridgehead atoms. The zero-order valence-electron chi connectivity index (χ0n) is 28.2. The van der Waals surface area contributed by atoms with Gasteiger partial charge in [-0.3, -0.25) is 19.4 Å². The number of amides is 2. The van der Waals surface area contributed by atoms with Crippen LogP contribution in [0, 0.1) is 11.8 Å². The first-order chi connectivity index (χ1) is 23.6. The molecule has 10 heteroatoms. The number of carbonyl (C=O) groups is 2. The third-order valence-electron chi connectivity index (χ3n) is 11.2. The molecule has 0 spiro atoms.